The standard InChI is InChI=1S/C16H26N4O3S/c1-12(2)10-16(3,4)13-11-20-15(18-13)7-6-14(19-20)17-8-9-23-24(5,21)22/h6-7,11-12H,8-10H2,1-5H3,(H,17,19). The van der Waals surface area contributed by atoms with Crippen LogP contribution in [0.2, 0.25) is 0 Å². The van der Waals surface area contributed by atoms with Crippen molar-refractivity contribution >= 4 is 21.6 Å². The molecule has 0 spiro atoms. The first-order valence-electron chi connectivity index (χ1n) is 8.02. The minimum absolute atomic E-state index is 0.0151. The first kappa shape index (κ1) is 18.7. The van der Waals surface area contributed by atoms with Crippen molar-refractivity contribution < 1.29 is 12.6 Å². The van der Waals surface area contributed by atoms with Crippen LogP contribution in [0.3, 0.4) is 0 Å². The lowest BCUT2D eigenvalue weighted by Gasteiger charge is -2.24. The molecule has 0 saturated heterocycles. The van der Waals surface area contributed by atoms with E-state index in [0.717, 1.165) is 24.0 Å². The van der Waals surface area contributed by atoms with E-state index in [0.29, 0.717) is 18.3 Å². The first-order chi connectivity index (χ1) is 11.1. The Labute approximate surface area is 143 Å². The van der Waals surface area contributed by atoms with Gasteiger partial charge in [0, 0.05) is 12.0 Å². The lowest BCUT2D eigenvalue weighted by atomic mass is 9.81. The zero-order valence-electron chi connectivity index (χ0n) is 14.9. The van der Waals surface area contributed by atoms with Gasteiger partial charge in [0.05, 0.1) is 24.8 Å². The highest BCUT2D eigenvalue weighted by Gasteiger charge is 2.25. The molecule has 8 heteroatoms. The molecule has 0 amide bonds. The van der Waals surface area contributed by atoms with Crippen LogP contribution >= 0.6 is 0 Å². The largest absolute Gasteiger partial charge is 0.366 e. The van der Waals surface area contributed by atoms with Gasteiger partial charge >= 0.3 is 0 Å². The van der Waals surface area contributed by atoms with E-state index < -0.39 is 10.1 Å². The lowest BCUT2D eigenvalue weighted by molar-refractivity contribution is 0.335. The summed E-state index contributed by atoms with van der Waals surface area (Å²) in [5.41, 5.74) is 1.79. The molecule has 0 bridgehead atoms. The van der Waals surface area contributed by atoms with Crippen LogP contribution < -0.4 is 5.32 Å². The third-order valence-corrected chi connectivity index (χ3v) is 4.23. The summed E-state index contributed by atoms with van der Waals surface area (Å²) in [5, 5.41) is 7.50. The number of imidazole rings is 1. The molecule has 0 radical (unpaired) electrons. The van der Waals surface area contributed by atoms with E-state index in [9.17, 15) is 8.42 Å². The summed E-state index contributed by atoms with van der Waals surface area (Å²) >= 11 is 0. The predicted molar refractivity (Wildman–Crippen MR) is 94.8 cm³/mol. The van der Waals surface area contributed by atoms with Gasteiger partial charge in [-0.3, -0.25) is 4.18 Å². The average Bonchev–Trinajstić information content (AvgIpc) is 2.85. The minimum Gasteiger partial charge on any atom is -0.366 e. The number of fused-ring (bicyclic) bond motifs is 1. The van der Waals surface area contributed by atoms with Gasteiger partial charge in [0.15, 0.2) is 5.65 Å². The minimum atomic E-state index is -3.41. The Bertz CT molecular complexity index is 797. The van der Waals surface area contributed by atoms with Crippen molar-refractivity contribution in [1.82, 2.24) is 14.6 Å². The fourth-order valence-corrected chi connectivity index (χ4v) is 3.19. The molecule has 24 heavy (non-hydrogen) atoms. The van der Waals surface area contributed by atoms with Crippen LogP contribution in [0, 0.1) is 5.92 Å². The van der Waals surface area contributed by atoms with Gasteiger partial charge in [0.1, 0.15) is 5.82 Å². The van der Waals surface area contributed by atoms with E-state index in [1.165, 1.54) is 0 Å². The summed E-state index contributed by atoms with van der Waals surface area (Å²) in [5.74, 6) is 1.23. The summed E-state index contributed by atoms with van der Waals surface area (Å²) in [7, 11) is -3.41. The van der Waals surface area contributed by atoms with Crippen LogP contribution in [0.5, 0.6) is 0 Å². The van der Waals surface area contributed by atoms with Crippen LogP contribution in [0.15, 0.2) is 18.3 Å². The van der Waals surface area contributed by atoms with Gasteiger partial charge in [0.2, 0.25) is 0 Å². The lowest BCUT2D eigenvalue weighted by Crippen LogP contribution is -2.20. The Morgan fingerprint density at radius 1 is 1.33 bits per heavy atom. The zero-order chi connectivity index (χ0) is 18.0. The third kappa shape index (κ3) is 5.17. The Balaban J connectivity index is 2.08. The number of anilines is 1. The molecule has 0 fully saturated rings. The third-order valence-electron chi connectivity index (χ3n) is 3.64. The molecule has 0 unspecified atom stereocenters. The molecule has 0 aliphatic rings. The van der Waals surface area contributed by atoms with Gasteiger partial charge < -0.3 is 5.32 Å². The van der Waals surface area contributed by atoms with E-state index in [1.807, 2.05) is 18.3 Å². The van der Waals surface area contributed by atoms with Gasteiger partial charge in [0.25, 0.3) is 10.1 Å². The second-order valence-electron chi connectivity index (χ2n) is 7.08. The SMILES string of the molecule is CC(C)CC(C)(C)c1cn2nc(NCCOS(C)(=O)=O)ccc2n1. The van der Waals surface area contributed by atoms with Crippen molar-refractivity contribution in [2.24, 2.45) is 5.92 Å². The van der Waals surface area contributed by atoms with Crippen molar-refractivity contribution in [3.63, 3.8) is 0 Å². The first-order valence-corrected chi connectivity index (χ1v) is 9.84. The summed E-state index contributed by atoms with van der Waals surface area (Å²) < 4.78 is 28.3. The van der Waals surface area contributed by atoms with Crippen molar-refractivity contribution in [2.75, 3.05) is 24.7 Å². The highest BCUT2D eigenvalue weighted by Crippen LogP contribution is 2.29. The molecule has 0 aliphatic carbocycles. The number of hydrogen-bond acceptors (Lipinski definition) is 6. The average molecular weight is 354 g/mol. The monoisotopic (exact) mass is 354 g/mol. The number of rotatable bonds is 8. The van der Waals surface area contributed by atoms with Crippen molar-refractivity contribution in [3.05, 3.63) is 24.0 Å². The van der Waals surface area contributed by atoms with E-state index in [4.69, 9.17) is 0 Å². The van der Waals surface area contributed by atoms with E-state index in [-0.39, 0.29) is 12.0 Å². The van der Waals surface area contributed by atoms with Crippen molar-refractivity contribution in [1.29, 1.82) is 0 Å². The second-order valence-corrected chi connectivity index (χ2v) is 8.73. The van der Waals surface area contributed by atoms with Gasteiger partial charge in [-0.15, -0.1) is 5.10 Å². The highest BCUT2D eigenvalue weighted by molar-refractivity contribution is 7.85. The Hall–Kier alpha value is -1.67. The fraction of sp³-hybridized carbons (Fsp3) is 0.625. The maximum atomic E-state index is 10.9. The Morgan fingerprint density at radius 3 is 2.67 bits per heavy atom. The van der Waals surface area contributed by atoms with Crippen molar-refractivity contribution in [2.45, 2.75) is 39.5 Å². The van der Waals surface area contributed by atoms with Crippen LogP contribution in [0.25, 0.3) is 5.65 Å². The molecule has 0 aromatic carbocycles. The van der Waals surface area contributed by atoms with Crippen LogP contribution in [0.4, 0.5) is 5.82 Å². The van der Waals surface area contributed by atoms with Crippen LogP contribution in [0.1, 0.15) is 39.8 Å². The molecule has 2 heterocycles. The molecule has 0 atom stereocenters. The van der Waals surface area contributed by atoms with Crippen LogP contribution in [-0.2, 0) is 19.7 Å². The molecule has 1 N–H and O–H groups in total. The number of nitrogens with zero attached hydrogens (tertiary/aromatic N) is 3. The van der Waals surface area contributed by atoms with Gasteiger partial charge in [-0.2, -0.15) is 8.42 Å². The highest BCUT2D eigenvalue weighted by atomic mass is 32.2. The van der Waals surface area contributed by atoms with Gasteiger partial charge in [-0.1, -0.05) is 27.7 Å². The molecule has 7 nitrogen and oxygen atoms in total. The summed E-state index contributed by atoms with van der Waals surface area (Å²) in [4.78, 5) is 4.68. The number of aromatic nitrogens is 3. The van der Waals surface area contributed by atoms with Gasteiger partial charge in [-0.05, 0) is 24.5 Å². The molecule has 0 saturated carbocycles. The summed E-state index contributed by atoms with van der Waals surface area (Å²) in [6.45, 7) is 9.21. The molecule has 134 valence electrons. The van der Waals surface area contributed by atoms with E-state index in [2.05, 4.69) is 47.3 Å². The second kappa shape index (κ2) is 7.06. The maximum Gasteiger partial charge on any atom is 0.264 e. The zero-order valence-corrected chi connectivity index (χ0v) is 15.7. The fourth-order valence-electron chi connectivity index (χ4n) is 2.80. The summed E-state index contributed by atoms with van der Waals surface area (Å²) in [6.07, 6.45) is 4.03. The predicted octanol–water partition coefficient (Wildman–Crippen LogP) is 2.44. The normalized spacial score (nSPS) is 12.9. The molecule has 2 aromatic heterocycles. The smallest absolute Gasteiger partial charge is 0.264 e. The molecule has 2 aromatic rings. The van der Waals surface area contributed by atoms with Crippen LogP contribution in [-0.4, -0.2) is 42.4 Å². The number of nitrogens with one attached hydrogen (secondary N) is 1. The topological polar surface area (TPSA) is 85.6 Å². The summed E-state index contributed by atoms with van der Waals surface area (Å²) in [6, 6.07) is 3.71. The number of hydrogen-bond donors (Lipinski definition) is 1. The van der Waals surface area contributed by atoms with E-state index in [1.54, 1.807) is 4.52 Å². The molecule has 0 aliphatic heterocycles. The van der Waals surface area contributed by atoms with Crippen molar-refractivity contribution in [3.8, 4) is 0 Å². The Kier molecular flexibility index (Phi) is 5.49. The molecular weight excluding hydrogens is 328 g/mol. The molecular formula is C16H26N4O3S. The molecule has 2 rings (SSSR count). The van der Waals surface area contributed by atoms with E-state index >= 15 is 0 Å². The quantitative estimate of drug-likeness (QED) is 0.579. The van der Waals surface area contributed by atoms with Gasteiger partial charge in [-0.25, -0.2) is 9.50 Å². The Morgan fingerprint density at radius 2 is 2.04 bits per heavy atom. The maximum absolute atomic E-state index is 10.9.